The molecule has 11 heteroatoms. The predicted octanol–water partition coefficient (Wildman–Crippen LogP) is 1.96. The van der Waals surface area contributed by atoms with E-state index >= 15 is 0 Å². The van der Waals surface area contributed by atoms with Crippen molar-refractivity contribution in [2.75, 3.05) is 6.54 Å². The zero-order chi connectivity index (χ0) is 18.8. The molecule has 10 nitrogen and oxygen atoms in total. The van der Waals surface area contributed by atoms with Gasteiger partial charge in [0, 0.05) is 17.8 Å². The van der Waals surface area contributed by atoms with Gasteiger partial charge in [0.05, 0.1) is 11.8 Å². The van der Waals surface area contributed by atoms with Gasteiger partial charge in [0.15, 0.2) is 5.76 Å². The second kappa shape index (κ2) is 7.11. The highest BCUT2D eigenvalue weighted by atomic mass is 32.1. The van der Waals surface area contributed by atoms with E-state index in [0.717, 1.165) is 10.4 Å². The first kappa shape index (κ1) is 17.1. The monoisotopic (exact) mass is 385 g/mol. The van der Waals surface area contributed by atoms with E-state index in [2.05, 4.69) is 31.0 Å². The van der Waals surface area contributed by atoms with E-state index in [0.29, 0.717) is 41.0 Å². The molecule has 4 heterocycles. The molecule has 0 atom stereocenters. The van der Waals surface area contributed by atoms with Crippen LogP contribution in [0.15, 0.2) is 33.7 Å². The minimum absolute atomic E-state index is 0.201. The number of rotatable bonds is 6. The van der Waals surface area contributed by atoms with Crippen LogP contribution in [0, 0.1) is 13.8 Å². The molecule has 0 spiro atoms. The van der Waals surface area contributed by atoms with E-state index < -0.39 is 0 Å². The fourth-order valence-electron chi connectivity index (χ4n) is 2.53. The number of hydrogen-bond acceptors (Lipinski definition) is 9. The van der Waals surface area contributed by atoms with Crippen molar-refractivity contribution in [1.29, 1.82) is 0 Å². The number of aryl methyl sites for hydroxylation is 1. The van der Waals surface area contributed by atoms with Crippen molar-refractivity contribution < 1.29 is 13.7 Å². The fourth-order valence-corrected chi connectivity index (χ4v) is 3.60. The van der Waals surface area contributed by atoms with Crippen molar-refractivity contribution in [2.45, 2.75) is 20.3 Å². The van der Waals surface area contributed by atoms with Gasteiger partial charge in [-0.15, -0.1) is 16.4 Å². The Kier molecular flexibility index (Phi) is 4.50. The smallest absolute Gasteiger partial charge is 0.254 e. The van der Waals surface area contributed by atoms with Crippen molar-refractivity contribution in [2.24, 2.45) is 0 Å². The van der Waals surface area contributed by atoms with Crippen LogP contribution in [0.4, 0.5) is 0 Å². The van der Waals surface area contributed by atoms with Crippen molar-refractivity contribution in [3.05, 3.63) is 46.6 Å². The lowest BCUT2D eigenvalue weighted by molar-refractivity contribution is 0.0953. The summed E-state index contributed by atoms with van der Waals surface area (Å²) in [7, 11) is 0. The first-order valence-electron chi connectivity index (χ1n) is 8.11. The summed E-state index contributed by atoms with van der Waals surface area (Å²) in [6.07, 6.45) is 3.41. The maximum Gasteiger partial charge on any atom is 0.254 e. The first-order chi connectivity index (χ1) is 13.1. The molecule has 1 amide bonds. The van der Waals surface area contributed by atoms with Gasteiger partial charge in [-0.25, -0.2) is 0 Å². The summed E-state index contributed by atoms with van der Waals surface area (Å²) in [5.74, 6) is 1.13. The van der Waals surface area contributed by atoms with Gasteiger partial charge in [0.1, 0.15) is 11.3 Å². The van der Waals surface area contributed by atoms with Crippen LogP contribution in [0.3, 0.4) is 0 Å². The minimum Gasteiger partial charge on any atom is -0.461 e. The molecule has 0 aliphatic rings. The molecule has 0 saturated carbocycles. The fraction of sp³-hybridized carbons (Fsp3) is 0.250. The second-order valence-electron chi connectivity index (χ2n) is 5.71. The quantitative estimate of drug-likeness (QED) is 0.534. The molecule has 0 fully saturated rings. The average molecular weight is 385 g/mol. The van der Waals surface area contributed by atoms with E-state index in [1.807, 2.05) is 13.8 Å². The lowest BCUT2D eigenvalue weighted by Gasteiger charge is -2.06. The van der Waals surface area contributed by atoms with Crippen molar-refractivity contribution >= 4 is 17.2 Å². The molecular formula is C16H15N7O3S. The standard InChI is InChI=1S/C16H15N7O3S/c1-9-10(2)27-16(23-8-18-21-22-23)13(9)15(24)17-6-5-12-19-14(20-26-12)11-4-3-7-25-11/h3-4,7-8H,5-6H2,1-2H3,(H,17,24). The Bertz CT molecular complexity index is 1050. The second-order valence-corrected chi connectivity index (χ2v) is 6.92. The van der Waals surface area contributed by atoms with Crippen molar-refractivity contribution in [3.8, 4) is 16.6 Å². The maximum atomic E-state index is 12.7. The highest BCUT2D eigenvalue weighted by Gasteiger charge is 2.21. The Morgan fingerprint density at radius 1 is 1.37 bits per heavy atom. The molecule has 4 aromatic rings. The SMILES string of the molecule is Cc1sc(-n2cnnn2)c(C(=O)NCCc2nc(-c3ccco3)no2)c1C. The van der Waals surface area contributed by atoms with E-state index in [1.165, 1.54) is 22.3 Å². The summed E-state index contributed by atoms with van der Waals surface area (Å²) >= 11 is 1.47. The van der Waals surface area contributed by atoms with Crippen LogP contribution in [0.1, 0.15) is 26.7 Å². The van der Waals surface area contributed by atoms with Gasteiger partial charge < -0.3 is 14.3 Å². The zero-order valence-corrected chi connectivity index (χ0v) is 15.4. The average Bonchev–Trinajstić information content (AvgIpc) is 3.44. The predicted molar refractivity (Wildman–Crippen MR) is 94.5 cm³/mol. The van der Waals surface area contributed by atoms with Gasteiger partial charge >= 0.3 is 0 Å². The van der Waals surface area contributed by atoms with Gasteiger partial charge in [-0.2, -0.15) is 9.67 Å². The molecule has 138 valence electrons. The van der Waals surface area contributed by atoms with E-state index in [1.54, 1.807) is 18.4 Å². The summed E-state index contributed by atoms with van der Waals surface area (Å²) in [6.45, 7) is 4.21. The number of nitrogens with one attached hydrogen (secondary N) is 1. The highest BCUT2D eigenvalue weighted by molar-refractivity contribution is 7.15. The summed E-state index contributed by atoms with van der Waals surface area (Å²) in [5, 5.41) is 18.6. The third-order valence-corrected chi connectivity index (χ3v) is 5.18. The topological polar surface area (TPSA) is 125 Å². The minimum atomic E-state index is -0.201. The Labute approximate surface area is 157 Å². The van der Waals surface area contributed by atoms with Crippen LogP contribution < -0.4 is 5.32 Å². The van der Waals surface area contributed by atoms with Crippen LogP contribution >= 0.6 is 11.3 Å². The lowest BCUT2D eigenvalue weighted by atomic mass is 10.1. The molecule has 0 radical (unpaired) electrons. The molecule has 0 saturated heterocycles. The number of hydrogen-bond donors (Lipinski definition) is 1. The molecule has 0 unspecified atom stereocenters. The van der Waals surface area contributed by atoms with Crippen molar-refractivity contribution in [3.63, 3.8) is 0 Å². The normalized spacial score (nSPS) is 11.0. The molecule has 4 rings (SSSR count). The van der Waals surface area contributed by atoms with E-state index in [9.17, 15) is 4.79 Å². The van der Waals surface area contributed by atoms with Crippen LogP contribution in [0.2, 0.25) is 0 Å². The summed E-state index contributed by atoms with van der Waals surface area (Å²) in [5.41, 5.74) is 1.47. The Morgan fingerprint density at radius 3 is 3.00 bits per heavy atom. The summed E-state index contributed by atoms with van der Waals surface area (Å²) < 4.78 is 11.9. The number of carbonyl (C=O) groups excluding carboxylic acids is 1. The van der Waals surface area contributed by atoms with Gasteiger partial charge in [0.2, 0.25) is 11.7 Å². The van der Waals surface area contributed by atoms with Gasteiger partial charge in [-0.1, -0.05) is 5.16 Å². The number of nitrogens with zero attached hydrogens (tertiary/aromatic N) is 6. The van der Waals surface area contributed by atoms with Gasteiger partial charge in [-0.05, 0) is 42.0 Å². The molecule has 0 bridgehead atoms. The van der Waals surface area contributed by atoms with Gasteiger partial charge in [0.25, 0.3) is 5.91 Å². The molecular weight excluding hydrogens is 370 g/mol. The number of furan rings is 1. The van der Waals surface area contributed by atoms with E-state index in [4.69, 9.17) is 8.94 Å². The Hall–Kier alpha value is -3.34. The highest BCUT2D eigenvalue weighted by Crippen LogP contribution is 2.30. The molecule has 0 aliphatic heterocycles. The summed E-state index contributed by atoms with van der Waals surface area (Å²) in [6, 6.07) is 3.50. The molecule has 0 aliphatic carbocycles. The first-order valence-corrected chi connectivity index (χ1v) is 8.93. The van der Waals surface area contributed by atoms with Gasteiger partial charge in [-0.3, -0.25) is 4.79 Å². The number of thiophene rings is 1. The number of carbonyl (C=O) groups is 1. The third-order valence-electron chi connectivity index (χ3n) is 3.98. The Balaban J connectivity index is 1.43. The largest absolute Gasteiger partial charge is 0.461 e. The number of amides is 1. The van der Waals surface area contributed by atoms with Crippen LogP contribution in [0.5, 0.6) is 0 Å². The summed E-state index contributed by atoms with van der Waals surface area (Å²) in [4.78, 5) is 18.0. The third kappa shape index (κ3) is 3.36. The number of tetrazole rings is 1. The lowest BCUT2D eigenvalue weighted by Crippen LogP contribution is -2.27. The Morgan fingerprint density at radius 2 is 2.26 bits per heavy atom. The van der Waals surface area contributed by atoms with Crippen LogP contribution in [0.25, 0.3) is 16.6 Å². The van der Waals surface area contributed by atoms with Crippen LogP contribution in [-0.4, -0.2) is 42.8 Å². The van der Waals surface area contributed by atoms with E-state index in [-0.39, 0.29) is 5.91 Å². The molecule has 27 heavy (non-hydrogen) atoms. The van der Waals surface area contributed by atoms with Crippen LogP contribution in [-0.2, 0) is 6.42 Å². The number of aromatic nitrogens is 6. The molecule has 4 aromatic heterocycles. The maximum absolute atomic E-state index is 12.7. The molecule has 1 N–H and O–H groups in total. The van der Waals surface area contributed by atoms with Crippen molar-refractivity contribution in [1.82, 2.24) is 35.7 Å². The zero-order valence-electron chi connectivity index (χ0n) is 14.5. The molecule has 0 aromatic carbocycles.